The number of rotatable bonds is 5. The van der Waals surface area contributed by atoms with Gasteiger partial charge < -0.3 is 15.7 Å². The molecule has 0 saturated heterocycles. The minimum absolute atomic E-state index is 0.308. The van der Waals surface area contributed by atoms with Gasteiger partial charge in [0.25, 0.3) is 0 Å². The van der Waals surface area contributed by atoms with Crippen molar-refractivity contribution in [1.82, 2.24) is 4.90 Å². The van der Waals surface area contributed by atoms with Crippen LogP contribution in [0.15, 0.2) is 24.3 Å². The van der Waals surface area contributed by atoms with Crippen LogP contribution in [0.3, 0.4) is 0 Å². The zero-order chi connectivity index (χ0) is 12.1. The van der Waals surface area contributed by atoms with Crippen LogP contribution in [0.5, 0.6) is 0 Å². The second kappa shape index (κ2) is 5.94. The Morgan fingerprint density at radius 1 is 1.31 bits per heavy atom. The molecule has 0 radical (unpaired) electrons. The lowest BCUT2D eigenvalue weighted by atomic mass is 10.0. The van der Waals surface area contributed by atoms with Gasteiger partial charge in [-0.3, -0.25) is 0 Å². The van der Waals surface area contributed by atoms with E-state index < -0.39 is 6.10 Å². The minimum atomic E-state index is -0.736. The number of aliphatic hydroxyl groups is 1. The summed E-state index contributed by atoms with van der Waals surface area (Å²) in [5, 5.41) is 9.93. The van der Waals surface area contributed by atoms with Crippen molar-refractivity contribution in [3.63, 3.8) is 0 Å². The molecule has 4 heteroatoms. The third-order valence-corrected chi connectivity index (χ3v) is 2.53. The van der Waals surface area contributed by atoms with Crippen LogP contribution in [0.4, 0.5) is 4.39 Å². The van der Waals surface area contributed by atoms with Gasteiger partial charge in [-0.2, -0.15) is 0 Å². The van der Waals surface area contributed by atoms with Crippen LogP contribution in [0.1, 0.15) is 18.1 Å². The Morgan fingerprint density at radius 3 is 2.38 bits per heavy atom. The Hall–Kier alpha value is -0.970. The Balaban J connectivity index is 2.56. The molecule has 0 saturated carbocycles. The SMILES string of the molecule is CN(C)CCC(N)C(O)c1ccc(F)cc1. The van der Waals surface area contributed by atoms with Gasteiger partial charge in [0.2, 0.25) is 0 Å². The first-order valence-electron chi connectivity index (χ1n) is 5.34. The molecule has 0 amide bonds. The molecule has 0 bridgehead atoms. The maximum atomic E-state index is 12.7. The van der Waals surface area contributed by atoms with E-state index in [-0.39, 0.29) is 11.9 Å². The Morgan fingerprint density at radius 2 is 1.88 bits per heavy atom. The van der Waals surface area contributed by atoms with Crippen LogP contribution in [0.2, 0.25) is 0 Å². The molecule has 90 valence electrons. The first-order valence-corrected chi connectivity index (χ1v) is 5.34. The molecule has 1 aromatic rings. The standard InChI is InChI=1S/C12H19FN2O/c1-15(2)8-7-11(14)12(16)9-3-5-10(13)6-4-9/h3-6,11-12,16H,7-8,14H2,1-2H3. The van der Waals surface area contributed by atoms with Crippen molar-refractivity contribution in [1.29, 1.82) is 0 Å². The van der Waals surface area contributed by atoms with E-state index in [9.17, 15) is 9.50 Å². The van der Waals surface area contributed by atoms with Crippen LogP contribution < -0.4 is 5.73 Å². The maximum absolute atomic E-state index is 12.7. The van der Waals surface area contributed by atoms with Gasteiger partial charge in [-0.1, -0.05) is 12.1 Å². The van der Waals surface area contributed by atoms with Gasteiger partial charge in [-0.05, 0) is 44.8 Å². The van der Waals surface area contributed by atoms with Crippen LogP contribution >= 0.6 is 0 Å². The molecule has 0 aliphatic heterocycles. The Labute approximate surface area is 95.7 Å². The van der Waals surface area contributed by atoms with Gasteiger partial charge in [0, 0.05) is 6.04 Å². The zero-order valence-corrected chi connectivity index (χ0v) is 9.73. The average Bonchev–Trinajstić information content (AvgIpc) is 2.26. The van der Waals surface area contributed by atoms with Gasteiger partial charge in [-0.15, -0.1) is 0 Å². The van der Waals surface area contributed by atoms with E-state index in [0.29, 0.717) is 12.0 Å². The summed E-state index contributed by atoms with van der Waals surface area (Å²) in [6.45, 7) is 0.819. The van der Waals surface area contributed by atoms with Crippen molar-refractivity contribution < 1.29 is 9.50 Å². The zero-order valence-electron chi connectivity index (χ0n) is 9.73. The van der Waals surface area contributed by atoms with Crippen LogP contribution in [0.25, 0.3) is 0 Å². The number of nitrogens with two attached hydrogens (primary N) is 1. The predicted octanol–water partition coefficient (Wildman–Crippen LogP) is 1.14. The summed E-state index contributed by atoms with van der Waals surface area (Å²) in [6.07, 6.45) is -0.0357. The highest BCUT2D eigenvalue weighted by Gasteiger charge is 2.16. The lowest BCUT2D eigenvalue weighted by Gasteiger charge is -2.20. The summed E-state index contributed by atoms with van der Waals surface area (Å²) >= 11 is 0. The fraction of sp³-hybridized carbons (Fsp3) is 0.500. The molecule has 3 nitrogen and oxygen atoms in total. The third-order valence-electron chi connectivity index (χ3n) is 2.53. The van der Waals surface area contributed by atoms with Crippen molar-refractivity contribution in [2.75, 3.05) is 20.6 Å². The van der Waals surface area contributed by atoms with E-state index in [2.05, 4.69) is 0 Å². The number of nitrogens with zero attached hydrogens (tertiary/aromatic N) is 1. The number of aliphatic hydroxyl groups excluding tert-OH is 1. The molecule has 0 aliphatic carbocycles. The lowest BCUT2D eigenvalue weighted by Crippen LogP contribution is -2.32. The van der Waals surface area contributed by atoms with Gasteiger partial charge >= 0.3 is 0 Å². The predicted molar refractivity (Wildman–Crippen MR) is 62.5 cm³/mol. The number of hydrogen-bond donors (Lipinski definition) is 2. The summed E-state index contributed by atoms with van der Waals surface area (Å²) in [5.74, 6) is -0.308. The van der Waals surface area contributed by atoms with Crippen molar-refractivity contribution >= 4 is 0 Å². The average molecular weight is 226 g/mol. The molecule has 1 aromatic carbocycles. The van der Waals surface area contributed by atoms with Crippen molar-refractivity contribution in [2.24, 2.45) is 5.73 Å². The van der Waals surface area contributed by atoms with E-state index in [1.54, 1.807) is 12.1 Å². The molecule has 3 N–H and O–H groups in total. The first-order chi connectivity index (χ1) is 7.50. The molecular weight excluding hydrogens is 207 g/mol. The summed E-state index contributed by atoms with van der Waals surface area (Å²) < 4.78 is 12.7. The fourth-order valence-electron chi connectivity index (χ4n) is 1.47. The summed E-state index contributed by atoms with van der Waals surface area (Å²) in [5.41, 5.74) is 6.53. The Bertz CT molecular complexity index is 313. The monoisotopic (exact) mass is 226 g/mol. The van der Waals surface area contributed by atoms with Crippen LogP contribution in [-0.4, -0.2) is 36.7 Å². The molecule has 1 rings (SSSR count). The molecule has 0 spiro atoms. The van der Waals surface area contributed by atoms with Crippen LogP contribution in [-0.2, 0) is 0 Å². The quantitative estimate of drug-likeness (QED) is 0.791. The highest BCUT2D eigenvalue weighted by atomic mass is 19.1. The van der Waals surface area contributed by atoms with E-state index in [1.807, 2.05) is 19.0 Å². The van der Waals surface area contributed by atoms with E-state index in [4.69, 9.17) is 5.73 Å². The number of benzene rings is 1. The lowest BCUT2D eigenvalue weighted by molar-refractivity contribution is 0.137. The largest absolute Gasteiger partial charge is 0.387 e. The molecule has 2 atom stereocenters. The van der Waals surface area contributed by atoms with Gasteiger partial charge in [0.15, 0.2) is 0 Å². The van der Waals surface area contributed by atoms with E-state index in [1.165, 1.54) is 12.1 Å². The summed E-state index contributed by atoms with van der Waals surface area (Å²) in [4.78, 5) is 2.01. The van der Waals surface area contributed by atoms with Crippen molar-refractivity contribution in [3.05, 3.63) is 35.6 Å². The molecule has 0 aliphatic rings. The Kier molecular flexibility index (Phi) is 4.86. The van der Waals surface area contributed by atoms with Gasteiger partial charge in [0.05, 0.1) is 6.10 Å². The van der Waals surface area contributed by atoms with Crippen molar-refractivity contribution in [3.8, 4) is 0 Å². The third kappa shape index (κ3) is 3.89. The smallest absolute Gasteiger partial charge is 0.123 e. The van der Waals surface area contributed by atoms with E-state index in [0.717, 1.165) is 6.54 Å². The minimum Gasteiger partial charge on any atom is -0.387 e. The molecule has 0 fully saturated rings. The molecular formula is C12H19FN2O. The molecule has 16 heavy (non-hydrogen) atoms. The highest BCUT2D eigenvalue weighted by molar-refractivity contribution is 5.19. The normalized spacial score (nSPS) is 15.1. The van der Waals surface area contributed by atoms with Crippen molar-refractivity contribution in [2.45, 2.75) is 18.6 Å². The maximum Gasteiger partial charge on any atom is 0.123 e. The van der Waals surface area contributed by atoms with Gasteiger partial charge in [-0.25, -0.2) is 4.39 Å². The van der Waals surface area contributed by atoms with Crippen LogP contribution in [0, 0.1) is 5.82 Å². The number of halogens is 1. The van der Waals surface area contributed by atoms with E-state index >= 15 is 0 Å². The summed E-state index contributed by atoms with van der Waals surface area (Å²) in [7, 11) is 3.91. The number of hydrogen-bond acceptors (Lipinski definition) is 3. The second-order valence-corrected chi connectivity index (χ2v) is 4.25. The second-order valence-electron chi connectivity index (χ2n) is 4.25. The topological polar surface area (TPSA) is 49.5 Å². The first kappa shape index (κ1) is 13.1. The molecule has 0 aromatic heterocycles. The van der Waals surface area contributed by atoms with Gasteiger partial charge in [0.1, 0.15) is 5.82 Å². The molecule has 2 unspecified atom stereocenters. The highest BCUT2D eigenvalue weighted by Crippen LogP contribution is 2.17. The summed E-state index contributed by atoms with van der Waals surface area (Å²) in [6, 6.07) is 5.47. The molecule has 0 heterocycles. The fourth-order valence-corrected chi connectivity index (χ4v) is 1.47.